The monoisotopic (exact) mass is 236 g/mol. The molecule has 0 N–H and O–H groups in total. The summed E-state index contributed by atoms with van der Waals surface area (Å²) in [6.45, 7) is 2.65. The third kappa shape index (κ3) is 1.86. The smallest absolute Gasteiger partial charge is 0.221 e. The van der Waals surface area contributed by atoms with Gasteiger partial charge in [-0.15, -0.1) is 11.3 Å². The first-order chi connectivity index (χ1) is 7.76. The molecule has 0 bridgehead atoms. The summed E-state index contributed by atoms with van der Waals surface area (Å²) in [6, 6.07) is 3.48. The maximum absolute atomic E-state index is 12.1. The van der Waals surface area contributed by atoms with Crippen LogP contribution in [0.2, 0.25) is 0 Å². The van der Waals surface area contributed by atoms with Gasteiger partial charge in [0.2, 0.25) is 5.78 Å². The quantitative estimate of drug-likeness (QED) is 0.764. The predicted octanol–water partition coefficient (Wildman–Crippen LogP) is 2.20. The topological polar surface area (TPSA) is 44.1 Å². The summed E-state index contributed by atoms with van der Waals surface area (Å²) in [7, 11) is 1.59. The first kappa shape index (κ1) is 10.9. The van der Waals surface area contributed by atoms with Crippen molar-refractivity contribution in [1.29, 1.82) is 0 Å². The van der Waals surface area contributed by atoms with E-state index in [9.17, 15) is 4.79 Å². The Morgan fingerprint density at radius 1 is 1.62 bits per heavy atom. The third-order valence-electron chi connectivity index (χ3n) is 2.28. The van der Waals surface area contributed by atoms with Crippen molar-refractivity contribution in [2.75, 3.05) is 7.11 Å². The van der Waals surface area contributed by atoms with Crippen molar-refractivity contribution in [2.45, 2.75) is 13.5 Å². The number of nitrogens with zero attached hydrogens (tertiary/aromatic N) is 2. The van der Waals surface area contributed by atoms with E-state index in [1.807, 2.05) is 12.3 Å². The van der Waals surface area contributed by atoms with E-state index in [0.717, 1.165) is 5.75 Å². The zero-order valence-electron chi connectivity index (χ0n) is 9.14. The van der Waals surface area contributed by atoms with E-state index >= 15 is 0 Å². The second-order valence-electron chi connectivity index (χ2n) is 3.21. The Labute approximate surface area is 97.5 Å². The minimum atomic E-state index is -0.00681. The van der Waals surface area contributed by atoms with Gasteiger partial charge in [0.05, 0.1) is 12.0 Å². The molecule has 2 rings (SSSR count). The van der Waals surface area contributed by atoms with E-state index in [2.05, 4.69) is 5.10 Å². The van der Waals surface area contributed by atoms with Crippen LogP contribution in [0.4, 0.5) is 0 Å². The van der Waals surface area contributed by atoms with Gasteiger partial charge in [0.15, 0.2) is 0 Å². The Balaban J connectivity index is 2.31. The zero-order valence-corrected chi connectivity index (χ0v) is 9.95. The fourth-order valence-corrected chi connectivity index (χ4v) is 2.25. The molecule has 0 saturated carbocycles. The molecule has 0 aromatic carbocycles. The van der Waals surface area contributed by atoms with Crippen LogP contribution < -0.4 is 4.74 Å². The van der Waals surface area contributed by atoms with E-state index in [0.29, 0.717) is 17.1 Å². The highest BCUT2D eigenvalue weighted by Gasteiger charge is 2.15. The van der Waals surface area contributed by atoms with Crippen molar-refractivity contribution in [1.82, 2.24) is 9.78 Å². The number of carbonyl (C=O) groups excluding carboxylic acids is 1. The summed E-state index contributed by atoms with van der Waals surface area (Å²) in [5.41, 5.74) is 0.618. The van der Waals surface area contributed by atoms with Crippen LogP contribution in [0.25, 0.3) is 0 Å². The molecule has 5 heteroatoms. The fraction of sp³-hybridized carbons (Fsp3) is 0.273. The zero-order chi connectivity index (χ0) is 11.5. The van der Waals surface area contributed by atoms with Crippen LogP contribution in [0.5, 0.6) is 5.75 Å². The maximum Gasteiger partial charge on any atom is 0.221 e. The predicted molar refractivity (Wildman–Crippen MR) is 62.2 cm³/mol. The molecule has 2 aromatic heterocycles. The van der Waals surface area contributed by atoms with Gasteiger partial charge < -0.3 is 4.74 Å². The number of ether oxygens (including phenoxy) is 1. The lowest BCUT2D eigenvalue weighted by molar-refractivity contribution is 0.103. The van der Waals surface area contributed by atoms with Crippen LogP contribution >= 0.6 is 11.3 Å². The summed E-state index contributed by atoms with van der Waals surface area (Å²) in [6.07, 6.45) is 1.64. The molecule has 84 valence electrons. The number of rotatable bonds is 4. The van der Waals surface area contributed by atoms with Crippen molar-refractivity contribution in [3.63, 3.8) is 0 Å². The minimum absolute atomic E-state index is 0.00681. The largest absolute Gasteiger partial charge is 0.496 e. The van der Waals surface area contributed by atoms with Crippen LogP contribution in [0.1, 0.15) is 22.3 Å². The first-order valence-electron chi connectivity index (χ1n) is 4.95. The van der Waals surface area contributed by atoms with Crippen molar-refractivity contribution >= 4 is 17.1 Å². The lowest BCUT2D eigenvalue weighted by Gasteiger charge is -2.01. The van der Waals surface area contributed by atoms with Crippen LogP contribution in [-0.2, 0) is 6.54 Å². The van der Waals surface area contributed by atoms with Gasteiger partial charge in [0.25, 0.3) is 0 Å². The molecule has 2 aromatic rings. The first-order valence-corrected chi connectivity index (χ1v) is 5.83. The van der Waals surface area contributed by atoms with Gasteiger partial charge >= 0.3 is 0 Å². The van der Waals surface area contributed by atoms with Crippen LogP contribution in [-0.4, -0.2) is 22.7 Å². The number of aryl methyl sites for hydroxylation is 1. The average molecular weight is 236 g/mol. The average Bonchev–Trinajstić information content (AvgIpc) is 2.96. The molecule has 4 nitrogen and oxygen atoms in total. The summed E-state index contributed by atoms with van der Waals surface area (Å²) in [5, 5.41) is 5.90. The molecule has 0 atom stereocenters. The second-order valence-corrected chi connectivity index (χ2v) is 4.12. The van der Waals surface area contributed by atoms with Crippen LogP contribution in [0.3, 0.4) is 0 Å². The van der Waals surface area contributed by atoms with Crippen molar-refractivity contribution in [2.24, 2.45) is 0 Å². The third-order valence-corrected chi connectivity index (χ3v) is 3.19. The molecule has 0 aliphatic heterocycles. The van der Waals surface area contributed by atoms with Gasteiger partial charge in [-0.05, 0) is 13.0 Å². The fourth-order valence-electron chi connectivity index (χ4n) is 1.45. The number of aromatic nitrogens is 2. The number of thiophene rings is 1. The number of hydrogen-bond donors (Lipinski definition) is 0. The summed E-state index contributed by atoms with van der Waals surface area (Å²) >= 11 is 1.38. The molecule has 0 aliphatic rings. The van der Waals surface area contributed by atoms with E-state index in [1.165, 1.54) is 11.3 Å². The molecule has 0 aliphatic carbocycles. The van der Waals surface area contributed by atoms with Gasteiger partial charge in [-0.3, -0.25) is 9.48 Å². The van der Waals surface area contributed by atoms with Crippen LogP contribution in [0.15, 0.2) is 23.7 Å². The number of ketones is 1. The maximum atomic E-state index is 12.1. The SMILES string of the molecule is CCn1nccc1C(=O)c1cc(OC)cs1. The molecule has 0 fully saturated rings. The molecule has 0 unspecified atom stereocenters. The molecular formula is C11H12N2O2S. The lowest BCUT2D eigenvalue weighted by Crippen LogP contribution is -2.09. The van der Waals surface area contributed by atoms with Crippen molar-refractivity contribution in [3.05, 3.63) is 34.3 Å². The van der Waals surface area contributed by atoms with Gasteiger partial charge in [-0.2, -0.15) is 5.10 Å². The standard InChI is InChI=1S/C11H12N2O2S/c1-3-13-9(4-5-12-13)11(14)10-6-8(15-2)7-16-10/h4-7H,3H2,1-2H3. The summed E-state index contributed by atoms with van der Waals surface area (Å²) in [4.78, 5) is 12.8. The number of carbonyl (C=O) groups is 1. The van der Waals surface area contributed by atoms with E-state index in [1.54, 1.807) is 30.1 Å². The Bertz CT molecular complexity index is 502. The van der Waals surface area contributed by atoms with E-state index < -0.39 is 0 Å². The highest BCUT2D eigenvalue weighted by atomic mass is 32.1. The molecule has 0 saturated heterocycles. The van der Waals surface area contributed by atoms with Gasteiger partial charge in [0.1, 0.15) is 11.4 Å². The van der Waals surface area contributed by atoms with Gasteiger partial charge in [-0.1, -0.05) is 0 Å². The molecule has 0 spiro atoms. The molecule has 2 heterocycles. The summed E-state index contributed by atoms with van der Waals surface area (Å²) in [5.74, 6) is 0.712. The molecular weight excluding hydrogens is 224 g/mol. The highest BCUT2D eigenvalue weighted by Crippen LogP contribution is 2.23. The lowest BCUT2D eigenvalue weighted by atomic mass is 10.2. The minimum Gasteiger partial charge on any atom is -0.496 e. The van der Waals surface area contributed by atoms with Crippen molar-refractivity contribution < 1.29 is 9.53 Å². The van der Waals surface area contributed by atoms with Gasteiger partial charge in [-0.25, -0.2) is 0 Å². The number of methoxy groups -OCH3 is 1. The molecule has 0 radical (unpaired) electrons. The summed E-state index contributed by atoms with van der Waals surface area (Å²) < 4.78 is 6.74. The second kappa shape index (κ2) is 4.49. The molecule has 0 amide bonds. The Hall–Kier alpha value is -1.62. The highest BCUT2D eigenvalue weighted by molar-refractivity contribution is 7.12. The van der Waals surface area contributed by atoms with Gasteiger partial charge in [0, 0.05) is 24.2 Å². The Morgan fingerprint density at radius 3 is 3.06 bits per heavy atom. The Morgan fingerprint density at radius 2 is 2.44 bits per heavy atom. The Kier molecular flexibility index (Phi) is 3.05. The normalized spacial score (nSPS) is 10.4. The number of hydrogen-bond acceptors (Lipinski definition) is 4. The molecule has 16 heavy (non-hydrogen) atoms. The van der Waals surface area contributed by atoms with E-state index in [4.69, 9.17) is 4.74 Å². The van der Waals surface area contributed by atoms with E-state index in [-0.39, 0.29) is 5.78 Å². The van der Waals surface area contributed by atoms with Crippen molar-refractivity contribution in [3.8, 4) is 5.75 Å². The van der Waals surface area contributed by atoms with Crippen LogP contribution in [0, 0.1) is 0 Å².